The number of aromatic amines is 1. The quantitative estimate of drug-likeness (QED) is 0.255. The predicted octanol–water partition coefficient (Wildman–Crippen LogP) is 5.06. The first kappa shape index (κ1) is 26.5. The summed E-state index contributed by atoms with van der Waals surface area (Å²) in [5.74, 6) is -2.73. The number of aromatic nitrogens is 1. The van der Waals surface area contributed by atoms with Crippen LogP contribution in [0, 0.1) is 5.92 Å². The second kappa shape index (κ2) is 10.4. The zero-order valence-electron chi connectivity index (χ0n) is 22.7. The van der Waals surface area contributed by atoms with Gasteiger partial charge in [0, 0.05) is 29.1 Å². The molecule has 0 aliphatic carbocycles. The van der Waals surface area contributed by atoms with Crippen LogP contribution in [0.3, 0.4) is 0 Å². The molecular formula is C33H30N2O6. The molecule has 2 aliphatic rings. The summed E-state index contributed by atoms with van der Waals surface area (Å²) in [5, 5.41) is 11.5. The zero-order valence-corrected chi connectivity index (χ0v) is 22.7. The van der Waals surface area contributed by atoms with Gasteiger partial charge in [-0.3, -0.25) is 14.5 Å². The third kappa shape index (κ3) is 4.31. The van der Waals surface area contributed by atoms with Gasteiger partial charge in [0.05, 0.1) is 32.2 Å². The number of fused-ring (bicyclic) bond motifs is 4. The van der Waals surface area contributed by atoms with Crippen LogP contribution in [0.4, 0.5) is 0 Å². The van der Waals surface area contributed by atoms with Gasteiger partial charge in [-0.1, -0.05) is 66.7 Å². The first-order valence-corrected chi connectivity index (χ1v) is 13.5. The van der Waals surface area contributed by atoms with Crippen LogP contribution in [0.2, 0.25) is 0 Å². The highest BCUT2D eigenvalue weighted by atomic mass is 16.5. The van der Waals surface area contributed by atoms with E-state index in [1.54, 1.807) is 6.08 Å². The summed E-state index contributed by atoms with van der Waals surface area (Å²) in [4.78, 5) is 44.2. The van der Waals surface area contributed by atoms with Crippen LogP contribution in [0.25, 0.3) is 17.0 Å². The predicted molar refractivity (Wildman–Crippen MR) is 153 cm³/mol. The lowest BCUT2D eigenvalue weighted by Gasteiger charge is -2.47. The number of hydrogen-bond donors (Lipinski definition) is 2. The summed E-state index contributed by atoms with van der Waals surface area (Å²) in [6.45, 7) is 0. The Hall–Kier alpha value is -4.69. The van der Waals surface area contributed by atoms with E-state index in [0.29, 0.717) is 6.42 Å². The number of nitrogens with zero attached hydrogens (tertiary/aromatic N) is 1. The zero-order chi connectivity index (χ0) is 28.7. The third-order valence-electron chi connectivity index (χ3n) is 8.46. The number of carbonyl (C=O) groups is 3. The number of hydrogen-bond acceptors (Lipinski definition) is 6. The molecule has 208 valence electrons. The number of para-hydroxylation sites is 1. The molecular weight excluding hydrogens is 520 g/mol. The number of carboxylic acid groups (broad SMARTS) is 1. The molecule has 0 amide bonds. The molecule has 3 aromatic carbocycles. The maximum atomic E-state index is 13.9. The number of carboxylic acids is 1. The smallest absolute Gasteiger partial charge is 0.330 e. The van der Waals surface area contributed by atoms with E-state index in [-0.39, 0.29) is 6.42 Å². The van der Waals surface area contributed by atoms with Crippen molar-refractivity contribution in [3.8, 4) is 0 Å². The van der Waals surface area contributed by atoms with Crippen LogP contribution in [-0.2, 0) is 30.3 Å². The van der Waals surface area contributed by atoms with Gasteiger partial charge in [-0.25, -0.2) is 4.79 Å². The van der Waals surface area contributed by atoms with Crippen LogP contribution in [0.15, 0.2) is 84.9 Å². The van der Waals surface area contributed by atoms with E-state index in [1.165, 1.54) is 20.3 Å². The Morgan fingerprint density at radius 2 is 1.68 bits per heavy atom. The summed E-state index contributed by atoms with van der Waals surface area (Å²) < 4.78 is 10.2. The fraction of sp³-hybridized carbons (Fsp3) is 0.242. The Balaban J connectivity index is 1.64. The Morgan fingerprint density at radius 3 is 2.41 bits per heavy atom. The minimum Gasteiger partial charge on any atom is -0.481 e. The molecule has 0 spiro atoms. The molecule has 1 saturated heterocycles. The lowest BCUT2D eigenvalue weighted by Crippen LogP contribution is -2.57. The van der Waals surface area contributed by atoms with E-state index >= 15 is 0 Å². The first-order chi connectivity index (χ1) is 19.9. The molecule has 8 nitrogen and oxygen atoms in total. The number of rotatable bonds is 6. The normalized spacial score (nSPS) is 23.7. The number of ether oxygens (including phenoxy) is 2. The molecule has 4 atom stereocenters. The topological polar surface area (TPSA) is 109 Å². The molecule has 1 fully saturated rings. The molecule has 2 N–H and O–H groups in total. The van der Waals surface area contributed by atoms with Gasteiger partial charge in [0.1, 0.15) is 5.54 Å². The van der Waals surface area contributed by atoms with Gasteiger partial charge in [0.15, 0.2) is 0 Å². The van der Waals surface area contributed by atoms with Gasteiger partial charge < -0.3 is 19.6 Å². The average Bonchev–Trinajstić information content (AvgIpc) is 3.55. The van der Waals surface area contributed by atoms with Gasteiger partial charge >= 0.3 is 17.9 Å². The largest absolute Gasteiger partial charge is 0.481 e. The molecule has 0 bridgehead atoms. The number of esters is 2. The Kier molecular flexibility index (Phi) is 6.71. The summed E-state index contributed by atoms with van der Waals surface area (Å²) in [7, 11) is 2.68. The maximum Gasteiger partial charge on any atom is 0.330 e. The molecule has 0 radical (unpaired) electrons. The summed E-state index contributed by atoms with van der Waals surface area (Å²) in [5.41, 5.74) is 4.04. The molecule has 6 rings (SSSR count). The van der Waals surface area contributed by atoms with Gasteiger partial charge in [-0.15, -0.1) is 0 Å². The number of methoxy groups -OCH3 is 2. The number of H-pyrrole nitrogens is 1. The minimum atomic E-state index is -1.22. The minimum absolute atomic E-state index is 0.103. The van der Waals surface area contributed by atoms with Crippen LogP contribution >= 0.6 is 0 Å². The standard InChI is InChI=1S/C33H30N2O6/c1-40-27(36)16-15-20-9-8-12-22(17-20)30-28-24(23-13-6-7-14-26(23)34-28)18-33(32(39)41-2)19-25(31(37)38)29(35(30)33)21-10-4-3-5-11-21/h3-17,25,29-30,34H,18-19H2,1-2H3,(H,37,38)/b16-15+/t25-,29+,30-,33+/m0/s1. The number of aliphatic carboxylic acids is 1. The van der Waals surface area contributed by atoms with Crippen molar-refractivity contribution in [2.24, 2.45) is 5.92 Å². The fourth-order valence-electron chi connectivity index (χ4n) is 6.80. The Bertz CT molecular complexity index is 1680. The van der Waals surface area contributed by atoms with Crippen molar-refractivity contribution in [2.75, 3.05) is 14.2 Å². The van der Waals surface area contributed by atoms with Gasteiger partial charge in [0.2, 0.25) is 0 Å². The maximum absolute atomic E-state index is 13.9. The van der Waals surface area contributed by atoms with Crippen LogP contribution in [-0.4, -0.2) is 52.7 Å². The van der Waals surface area contributed by atoms with Crippen molar-refractivity contribution < 1.29 is 29.0 Å². The molecule has 2 aliphatic heterocycles. The third-order valence-corrected chi connectivity index (χ3v) is 8.46. The second-order valence-electron chi connectivity index (χ2n) is 10.6. The van der Waals surface area contributed by atoms with E-state index in [1.807, 2.05) is 78.9 Å². The molecule has 1 aromatic heterocycles. The summed E-state index contributed by atoms with van der Waals surface area (Å²) in [6.07, 6.45) is 3.45. The highest BCUT2D eigenvalue weighted by Gasteiger charge is 2.64. The van der Waals surface area contributed by atoms with E-state index in [4.69, 9.17) is 9.47 Å². The first-order valence-electron chi connectivity index (χ1n) is 13.5. The number of carbonyl (C=O) groups excluding carboxylic acids is 2. The SMILES string of the molecule is COC(=O)/C=C/c1cccc([C@H]2c3[nH]c4ccccc4c3C[C@]3(C(=O)OC)C[C@H](C(=O)O)[C@@H](c4ccccc4)N23)c1. The molecule has 8 heteroatoms. The highest BCUT2D eigenvalue weighted by molar-refractivity contribution is 5.91. The molecule has 4 aromatic rings. The lowest BCUT2D eigenvalue weighted by molar-refractivity contribution is -0.156. The van der Waals surface area contributed by atoms with Gasteiger partial charge in [0.25, 0.3) is 0 Å². The van der Waals surface area contributed by atoms with E-state index in [2.05, 4.69) is 9.88 Å². The van der Waals surface area contributed by atoms with Crippen molar-refractivity contribution in [1.29, 1.82) is 0 Å². The van der Waals surface area contributed by atoms with Crippen molar-refractivity contribution in [3.63, 3.8) is 0 Å². The van der Waals surface area contributed by atoms with Crippen molar-refractivity contribution in [3.05, 3.63) is 113 Å². The fourth-order valence-corrected chi connectivity index (χ4v) is 6.80. The van der Waals surface area contributed by atoms with Crippen LogP contribution in [0.5, 0.6) is 0 Å². The van der Waals surface area contributed by atoms with Crippen molar-refractivity contribution in [2.45, 2.75) is 30.5 Å². The summed E-state index contributed by atoms with van der Waals surface area (Å²) in [6, 6.07) is 24.0. The molecule has 41 heavy (non-hydrogen) atoms. The Labute approximate surface area is 237 Å². The van der Waals surface area contributed by atoms with Crippen molar-refractivity contribution in [1.82, 2.24) is 9.88 Å². The second-order valence-corrected chi connectivity index (χ2v) is 10.6. The van der Waals surface area contributed by atoms with Gasteiger partial charge in [-0.2, -0.15) is 0 Å². The van der Waals surface area contributed by atoms with Crippen molar-refractivity contribution >= 4 is 34.9 Å². The van der Waals surface area contributed by atoms with E-state index in [0.717, 1.165) is 38.9 Å². The van der Waals surface area contributed by atoms with Crippen LogP contribution in [0.1, 0.15) is 46.5 Å². The van der Waals surface area contributed by atoms with Crippen LogP contribution < -0.4 is 0 Å². The van der Waals surface area contributed by atoms with E-state index in [9.17, 15) is 19.5 Å². The molecule has 0 saturated carbocycles. The van der Waals surface area contributed by atoms with Gasteiger partial charge in [-0.05, 0) is 46.9 Å². The Morgan fingerprint density at radius 1 is 0.951 bits per heavy atom. The lowest BCUT2D eigenvalue weighted by atomic mass is 9.78. The monoisotopic (exact) mass is 550 g/mol. The summed E-state index contributed by atoms with van der Waals surface area (Å²) >= 11 is 0. The average molecular weight is 551 g/mol. The number of nitrogens with one attached hydrogen (secondary N) is 1. The van der Waals surface area contributed by atoms with E-state index < -0.39 is 41.4 Å². The molecule has 0 unspecified atom stereocenters. The molecule has 3 heterocycles. The number of benzene rings is 3. The highest BCUT2D eigenvalue weighted by Crippen LogP contribution is 2.58.